The zero-order valence-electron chi connectivity index (χ0n) is 24.8. The van der Waals surface area contributed by atoms with Crippen molar-refractivity contribution < 1.29 is 44.0 Å². The van der Waals surface area contributed by atoms with E-state index in [2.05, 4.69) is 5.32 Å². The Hall–Kier alpha value is -4.59. The number of benzene rings is 2. The number of amides is 2. The van der Waals surface area contributed by atoms with Gasteiger partial charge in [-0.1, -0.05) is 30.3 Å². The number of aliphatic hydroxyl groups is 3. The topological polar surface area (TPSA) is 194 Å². The second kappa shape index (κ2) is 10.5. The summed E-state index contributed by atoms with van der Waals surface area (Å²) < 4.78 is 16.4. The van der Waals surface area contributed by atoms with Crippen LogP contribution in [-0.2, 0) is 38.6 Å². The minimum Gasteiger partial charge on any atom is -0.508 e. The van der Waals surface area contributed by atoms with E-state index in [0.717, 1.165) is 5.56 Å². The number of aliphatic hydroxyl groups excluding tert-OH is 2. The molecule has 2 amide bonds. The zero-order valence-corrected chi connectivity index (χ0v) is 24.8. The molecule has 0 saturated heterocycles. The highest BCUT2D eigenvalue weighted by Crippen LogP contribution is 2.54. The van der Waals surface area contributed by atoms with Crippen LogP contribution in [0, 0.1) is 17.7 Å². The van der Waals surface area contributed by atoms with Crippen LogP contribution in [0.15, 0.2) is 47.2 Å². The van der Waals surface area contributed by atoms with E-state index in [1.54, 1.807) is 11.9 Å². The third-order valence-corrected chi connectivity index (χ3v) is 9.68. The van der Waals surface area contributed by atoms with Crippen LogP contribution in [0.4, 0.5) is 10.1 Å². The molecule has 2 aromatic rings. The molecule has 236 valence electrons. The monoisotopic (exact) mass is 620 g/mol. The van der Waals surface area contributed by atoms with Gasteiger partial charge in [0, 0.05) is 29.2 Å². The maximum Gasteiger partial charge on any atom is 0.255 e. The molecule has 5 atom stereocenters. The number of phenolic OH excluding ortho intramolecular Hbond substituents is 1. The first-order chi connectivity index (χ1) is 21.2. The molecule has 3 aliphatic carbocycles. The van der Waals surface area contributed by atoms with Gasteiger partial charge in [0.2, 0.25) is 11.7 Å². The van der Waals surface area contributed by atoms with Crippen LogP contribution in [0.2, 0.25) is 0 Å². The lowest BCUT2D eigenvalue weighted by atomic mass is 9.57. The third-order valence-electron chi connectivity index (χ3n) is 9.68. The zero-order chi connectivity index (χ0) is 32.7. The van der Waals surface area contributed by atoms with Crippen LogP contribution in [0.1, 0.15) is 28.7 Å². The van der Waals surface area contributed by atoms with Gasteiger partial charge >= 0.3 is 0 Å². The van der Waals surface area contributed by atoms with Crippen molar-refractivity contribution in [3.8, 4) is 5.75 Å². The first kappa shape index (κ1) is 30.4. The average Bonchev–Trinajstić information content (AvgIpc) is 3.09. The van der Waals surface area contributed by atoms with E-state index in [1.165, 1.54) is 19.0 Å². The molecular weight excluding hydrogens is 587 g/mol. The molecule has 12 nitrogen and oxygen atoms in total. The first-order valence-corrected chi connectivity index (χ1v) is 14.5. The summed E-state index contributed by atoms with van der Waals surface area (Å²) >= 11 is 0. The number of carbonyl (C=O) groups excluding carboxylic acids is 4. The van der Waals surface area contributed by atoms with E-state index in [0.29, 0.717) is 6.42 Å². The largest absolute Gasteiger partial charge is 0.508 e. The number of hydrogen-bond donors (Lipinski definition) is 6. The van der Waals surface area contributed by atoms with Gasteiger partial charge < -0.3 is 31.5 Å². The summed E-state index contributed by atoms with van der Waals surface area (Å²) in [7, 11) is 4.66. The standard InChI is InChI=1S/C32H33FN4O8/c1-36(2)24-17-11-14-10-15-20(25(38)19(14)28(41)32(17,45)29(42)21(27(24)40)30(34)43)26(39)23-16(22(15)33)12-37(3)18(31(44)35-23)9-13-7-5-4-6-8-13/h4-8,14,17-18,24,38-39,42,45H,9-12H2,1-3H3,(H2,34,43)(H,35,44)/t14-,17-,18-,24-,32-/m0/s1. The van der Waals surface area contributed by atoms with Gasteiger partial charge in [-0.05, 0) is 51.9 Å². The first-order valence-electron chi connectivity index (χ1n) is 14.5. The van der Waals surface area contributed by atoms with E-state index in [9.17, 15) is 39.6 Å². The molecule has 0 radical (unpaired) electrons. The van der Waals surface area contributed by atoms with Gasteiger partial charge in [-0.3, -0.25) is 29.0 Å². The Morgan fingerprint density at radius 3 is 2.42 bits per heavy atom. The molecule has 1 aliphatic heterocycles. The number of fused-ring (bicyclic) bond motifs is 4. The number of nitrogens with zero attached hydrogens (tertiary/aromatic N) is 2. The Kier molecular flexibility index (Phi) is 7.10. The third kappa shape index (κ3) is 4.29. The molecule has 1 saturated carbocycles. The molecule has 0 unspecified atom stereocenters. The second-order valence-corrected chi connectivity index (χ2v) is 12.4. The van der Waals surface area contributed by atoms with Gasteiger partial charge in [0.05, 0.1) is 23.3 Å². The van der Waals surface area contributed by atoms with Gasteiger partial charge in [-0.15, -0.1) is 0 Å². The molecule has 7 N–H and O–H groups in total. The van der Waals surface area contributed by atoms with Crippen LogP contribution in [0.25, 0.3) is 5.76 Å². The summed E-state index contributed by atoms with van der Waals surface area (Å²) in [5.41, 5.74) is 1.31. The van der Waals surface area contributed by atoms with E-state index in [1.807, 2.05) is 30.3 Å². The number of likely N-dealkylation sites (N-methyl/N-ethyl adjacent to an activating group) is 2. The number of halogens is 1. The van der Waals surface area contributed by atoms with Gasteiger partial charge in [0.1, 0.15) is 22.9 Å². The number of aromatic hydroxyl groups is 1. The Bertz CT molecular complexity index is 1750. The summed E-state index contributed by atoms with van der Waals surface area (Å²) in [6, 6.07) is 7.26. The van der Waals surface area contributed by atoms with Crippen LogP contribution in [0.5, 0.6) is 5.75 Å². The van der Waals surface area contributed by atoms with Crippen molar-refractivity contribution in [3.05, 3.63) is 75.3 Å². The summed E-state index contributed by atoms with van der Waals surface area (Å²) in [5.74, 6) is -9.63. The molecule has 0 bridgehead atoms. The average molecular weight is 621 g/mol. The molecule has 4 aliphatic rings. The summed E-state index contributed by atoms with van der Waals surface area (Å²) in [5, 5.41) is 48.3. The van der Waals surface area contributed by atoms with E-state index >= 15 is 4.39 Å². The Morgan fingerprint density at radius 1 is 1.13 bits per heavy atom. The molecule has 0 aromatic heterocycles. The minimum atomic E-state index is -2.81. The van der Waals surface area contributed by atoms with Crippen molar-refractivity contribution in [3.63, 3.8) is 0 Å². The molecule has 6 rings (SSSR count). The minimum absolute atomic E-state index is 0.00163. The molecule has 2 aromatic carbocycles. The Morgan fingerprint density at radius 2 is 1.80 bits per heavy atom. The summed E-state index contributed by atoms with van der Waals surface area (Å²) in [6.07, 6.45) is -0.0632. The SMILES string of the molecule is CN(C)[C@@H]1C(=O)C(C(N)=O)=C(O)[C@@]2(O)C(=O)C3=C(O)c4c(O)c5c(c(F)c4C[C@H]3C[C@@H]12)CN(C)[C@@H](Cc1ccccc1)C(=O)N5. The van der Waals surface area contributed by atoms with Crippen molar-refractivity contribution >= 4 is 34.8 Å². The highest BCUT2D eigenvalue weighted by atomic mass is 19.1. The number of hydrogen-bond acceptors (Lipinski definition) is 10. The molecular formula is C32H33FN4O8. The maximum atomic E-state index is 16.4. The maximum absolute atomic E-state index is 16.4. The fourth-order valence-electron chi connectivity index (χ4n) is 7.53. The smallest absolute Gasteiger partial charge is 0.255 e. The van der Waals surface area contributed by atoms with Crippen LogP contribution < -0.4 is 11.1 Å². The number of carbonyl (C=O) groups is 4. The molecule has 0 spiro atoms. The Balaban J connectivity index is 1.48. The highest BCUT2D eigenvalue weighted by Gasteiger charge is 2.64. The van der Waals surface area contributed by atoms with Crippen molar-refractivity contribution in [1.82, 2.24) is 9.80 Å². The second-order valence-electron chi connectivity index (χ2n) is 12.4. The van der Waals surface area contributed by atoms with Crippen LogP contribution >= 0.6 is 0 Å². The molecule has 1 heterocycles. The fourth-order valence-corrected chi connectivity index (χ4v) is 7.53. The van der Waals surface area contributed by atoms with E-state index in [-0.39, 0.29) is 36.2 Å². The number of ketones is 2. The van der Waals surface area contributed by atoms with Gasteiger partial charge in [-0.2, -0.15) is 0 Å². The summed E-state index contributed by atoms with van der Waals surface area (Å²) in [4.78, 5) is 55.9. The van der Waals surface area contributed by atoms with Crippen LogP contribution in [-0.4, -0.2) is 92.4 Å². The lowest BCUT2D eigenvalue weighted by molar-refractivity contribution is -0.153. The number of nitrogens with one attached hydrogen (secondary N) is 1. The number of nitrogens with two attached hydrogens (primary N) is 1. The number of Topliss-reactive ketones (excluding diaryl/α,β-unsaturated/α-hetero) is 2. The van der Waals surface area contributed by atoms with Crippen molar-refractivity contribution in [1.29, 1.82) is 0 Å². The van der Waals surface area contributed by atoms with Crippen LogP contribution in [0.3, 0.4) is 0 Å². The molecule has 1 fully saturated rings. The lowest BCUT2D eigenvalue weighted by Gasteiger charge is -2.50. The van der Waals surface area contributed by atoms with Crippen molar-refractivity contribution in [2.45, 2.75) is 43.5 Å². The van der Waals surface area contributed by atoms with E-state index < -0.39 is 92.7 Å². The normalized spacial score (nSPS) is 28.3. The van der Waals surface area contributed by atoms with Crippen molar-refractivity contribution in [2.75, 3.05) is 26.5 Å². The van der Waals surface area contributed by atoms with Crippen molar-refractivity contribution in [2.24, 2.45) is 17.6 Å². The van der Waals surface area contributed by atoms with Gasteiger partial charge in [0.25, 0.3) is 5.91 Å². The van der Waals surface area contributed by atoms with Gasteiger partial charge in [-0.25, -0.2) is 4.39 Å². The predicted octanol–water partition coefficient (Wildman–Crippen LogP) is 1.10. The molecule has 13 heteroatoms. The lowest BCUT2D eigenvalue weighted by Crippen LogP contribution is -2.65. The Labute approximate surface area is 257 Å². The van der Waals surface area contributed by atoms with E-state index in [4.69, 9.17) is 5.73 Å². The number of anilines is 1. The number of primary amides is 1. The predicted molar refractivity (Wildman–Crippen MR) is 158 cm³/mol. The summed E-state index contributed by atoms with van der Waals surface area (Å²) in [6.45, 7) is -0.0622. The van der Waals surface area contributed by atoms with Gasteiger partial charge in [0.15, 0.2) is 17.1 Å². The number of phenols is 1. The highest BCUT2D eigenvalue weighted by molar-refractivity contribution is 6.24. The quantitative estimate of drug-likeness (QED) is 0.213. The molecule has 45 heavy (non-hydrogen) atoms. The number of rotatable bonds is 4. The fraction of sp³-hybridized carbons (Fsp3) is 0.375.